The number of nitrogens with one attached hydrogen (secondary N) is 1. The van der Waals surface area contributed by atoms with Crippen LogP contribution in [0.3, 0.4) is 0 Å². The summed E-state index contributed by atoms with van der Waals surface area (Å²) in [7, 11) is 0. The van der Waals surface area contributed by atoms with Crippen LogP contribution in [-0.2, 0) is 12.8 Å². The molecule has 1 aromatic heterocycles. The first-order valence-electron chi connectivity index (χ1n) is 5.89. The van der Waals surface area contributed by atoms with E-state index in [4.69, 9.17) is 5.26 Å². The van der Waals surface area contributed by atoms with Crippen molar-refractivity contribution >= 4 is 0 Å². The quantitative estimate of drug-likeness (QED) is 0.823. The van der Waals surface area contributed by atoms with E-state index in [1.165, 1.54) is 18.4 Å². The van der Waals surface area contributed by atoms with Gasteiger partial charge in [-0.1, -0.05) is 19.8 Å². The number of rotatable bonds is 2. The number of pyridine rings is 1. The lowest BCUT2D eigenvalue weighted by atomic mass is 9.83. The van der Waals surface area contributed by atoms with Crippen LogP contribution in [-0.4, -0.2) is 4.98 Å². The predicted octanol–water partition coefficient (Wildman–Crippen LogP) is 2.15. The molecule has 0 saturated carbocycles. The second-order valence-electron chi connectivity index (χ2n) is 4.53. The molecule has 1 aliphatic carbocycles. The summed E-state index contributed by atoms with van der Waals surface area (Å²) >= 11 is 0. The van der Waals surface area contributed by atoms with Crippen LogP contribution in [0.4, 0.5) is 0 Å². The summed E-state index contributed by atoms with van der Waals surface area (Å²) in [5, 5.41) is 8.82. The van der Waals surface area contributed by atoms with E-state index in [0.29, 0.717) is 0 Å². The molecule has 1 atom stereocenters. The summed E-state index contributed by atoms with van der Waals surface area (Å²) in [6.45, 7) is 2.20. The van der Waals surface area contributed by atoms with Crippen LogP contribution >= 0.6 is 0 Å². The number of nitrogens with zero attached hydrogens (tertiary/aromatic N) is 1. The molecule has 0 aromatic carbocycles. The molecule has 3 nitrogen and oxygen atoms in total. The normalized spacial score (nSPS) is 18.9. The Morgan fingerprint density at radius 3 is 3.12 bits per heavy atom. The number of hydrogen-bond donors (Lipinski definition) is 1. The lowest BCUT2D eigenvalue weighted by Crippen LogP contribution is -2.21. The first kappa shape index (κ1) is 10.9. The number of H-pyrrole nitrogens is 1. The van der Waals surface area contributed by atoms with Gasteiger partial charge in [0, 0.05) is 5.69 Å². The number of aromatic amines is 1. The van der Waals surface area contributed by atoms with Crippen molar-refractivity contribution in [1.82, 2.24) is 4.98 Å². The van der Waals surface area contributed by atoms with E-state index in [9.17, 15) is 4.79 Å². The maximum atomic E-state index is 11.5. The van der Waals surface area contributed by atoms with Crippen molar-refractivity contribution < 1.29 is 0 Å². The molecular weight excluding hydrogens is 200 g/mol. The number of aryl methyl sites for hydroxylation is 1. The second-order valence-corrected chi connectivity index (χ2v) is 4.53. The zero-order chi connectivity index (χ0) is 11.5. The van der Waals surface area contributed by atoms with Crippen molar-refractivity contribution in [2.45, 2.75) is 39.0 Å². The van der Waals surface area contributed by atoms with Crippen molar-refractivity contribution in [2.24, 2.45) is 5.92 Å². The summed E-state index contributed by atoms with van der Waals surface area (Å²) in [5.41, 5.74) is 2.21. The fraction of sp³-hybridized carbons (Fsp3) is 0.538. The Hall–Kier alpha value is -1.56. The summed E-state index contributed by atoms with van der Waals surface area (Å²) in [6.07, 6.45) is 5.55. The maximum Gasteiger partial charge on any atom is 0.266 e. The Kier molecular flexibility index (Phi) is 3.09. The molecule has 1 heterocycles. The zero-order valence-electron chi connectivity index (χ0n) is 9.55. The molecule has 2 rings (SSSR count). The van der Waals surface area contributed by atoms with Crippen LogP contribution in [0.15, 0.2) is 10.9 Å². The summed E-state index contributed by atoms with van der Waals surface area (Å²) < 4.78 is 0. The van der Waals surface area contributed by atoms with E-state index < -0.39 is 0 Å². The first-order chi connectivity index (χ1) is 7.74. The van der Waals surface area contributed by atoms with E-state index in [2.05, 4.69) is 11.9 Å². The Balaban J connectivity index is 2.31. The van der Waals surface area contributed by atoms with Gasteiger partial charge in [-0.05, 0) is 36.8 Å². The Labute approximate surface area is 95.1 Å². The fourth-order valence-corrected chi connectivity index (χ4v) is 2.52. The first-order valence-corrected chi connectivity index (χ1v) is 5.89. The average Bonchev–Trinajstić information content (AvgIpc) is 2.29. The van der Waals surface area contributed by atoms with Gasteiger partial charge in [0.25, 0.3) is 5.56 Å². The highest BCUT2D eigenvalue weighted by Crippen LogP contribution is 2.26. The number of aromatic nitrogens is 1. The molecule has 3 heteroatoms. The highest BCUT2D eigenvalue weighted by molar-refractivity contribution is 5.34. The van der Waals surface area contributed by atoms with Crippen LogP contribution in [0.1, 0.15) is 43.0 Å². The molecule has 0 spiro atoms. The average molecular weight is 216 g/mol. The topological polar surface area (TPSA) is 56.6 Å². The molecule has 0 radical (unpaired) electrons. The standard InChI is InChI=1S/C13H16N2O/c1-2-3-9-4-5-12-10(6-9)7-11(8-14)13(16)15-12/h7,9H,2-6H2,1H3,(H,15,16). The molecule has 16 heavy (non-hydrogen) atoms. The third-order valence-electron chi connectivity index (χ3n) is 3.34. The van der Waals surface area contributed by atoms with Crippen molar-refractivity contribution in [2.75, 3.05) is 0 Å². The largest absolute Gasteiger partial charge is 0.325 e. The van der Waals surface area contributed by atoms with Crippen LogP contribution in [0.25, 0.3) is 0 Å². The molecule has 0 saturated heterocycles. The minimum atomic E-state index is -0.241. The monoisotopic (exact) mass is 216 g/mol. The third-order valence-corrected chi connectivity index (χ3v) is 3.34. The van der Waals surface area contributed by atoms with Gasteiger partial charge in [0.2, 0.25) is 0 Å². The number of fused-ring (bicyclic) bond motifs is 1. The molecule has 1 N–H and O–H groups in total. The van der Waals surface area contributed by atoms with Crippen molar-refractivity contribution in [3.63, 3.8) is 0 Å². The smallest absolute Gasteiger partial charge is 0.266 e. The van der Waals surface area contributed by atoms with Crippen molar-refractivity contribution in [1.29, 1.82) is 5.26 Å². The van der Waals surface area contributed by atoms with Gasteiger partial charge < -0.3 is 4.98 Å². The van der Waals surface area contributed by atoms with Gasteiger partial charge in [-0.25, -0.2) is 0 Å². The molecule has 0 amide bonds. The minimum absolute atomic E-state index is 0.241. The molecule has 84 valence electrons. The van der Waals surface area contributed by atoms with Gasteiger partial charge in [-0.15, -0.1) is 0 Å². The van der Waals surface area contributed by atoms with E-state index in [1.807, 2.05) is 6.07 Å². The molecule has 1 aliphatic rings. The van der Waals surface area contributed by atoms with Crippen LogP contribution in [0.2, 0.25) is 0 Å². The molecule has 1 aromatic rings. The lowest BCUT2D eigenvalue weighted by Gasteiger charge is -2.23. The number of nitriles is 1. The van der Waals surface area contributed by atoms with E-state index >= 15 is 0 Å². The molecular formula is C13H16N2O. The van der Waals surface area contributed by atoms with Crippen LogP contribution < -0.4 is 5.56 Å². The fourth-order valence-electron chi connectivity index (χ4n) is 2.52. The van der Waals surface area contributed by atoms with Crippen molar-refractivity contribution in [3.8, 4) is 6.07 Å². The second kappa shape index (κ2) is 4.52. The van der Waals surface area contributed by atoms with Crippen LogP contribution in [0.5, 0.6) is 0 Å². The number of hydrogen-bond acceptors (Lipinski definition) is 2. The van der Waals surface area contributed by atoms with Gasteiger partial charge in [-0.3, -0.25) is 4.79 Å². The van der Waals surface area contributed by atoms with Gasteiger partial charge >= 0.3 is 0 Å². The maximum absolute atomic E-state index is 11.5. The Morgan fingerprint density at radius 2 is 2.44 bits per heavy atom. The summed E-state index contributed by atoms with van der Waals surface area (Å²) in [6, 6.07) is 3.72. The Morgan fingerprint density at radius 1 is 1.62 bits per heavy atom. The van der Waals surface area contributed by atoms with Crippen LogP contribution in [0, 0.1) is 17.2 Å². The Bertz CT molecular complexity index is 482. The van der Waals surface area contributed by atoms with E-state index in [1.54, 1.807) is 6.07 Å². The molecule has 0 fully saturated rings. The highest BCUT2D eigenvalue weighted by atomic mass is 16.1. The predicted molar refractivity (Wildman–Crippen MR) is 62.2 cm³/mol. The van der Waals surface area contributed by atoms with Gasteiger partial charge in [0.15, 0.2) is 0 Å². The molecule has 0 bridgehead atoms. The van der Waals surface area contributed by atoms with Gasteiger partial charge in [0.05, 0.1) is 0 Å². The van der Waals surface area contributed by atoms with Crippen molar-refractivity contribution in [3.05, 3.63) is 33.2 Å². The highest BCUT2D eigenvalue weighted by Gasteiger charge is 2.19. The third kappa shape index (κ3) is 2.01. The molecule has 0 aliphatic heterocycles. The minimum Gasteiger partial charge on any atom is -0.325 e. The zero-order valence-corrected chi connectivity index (χ0v) is 9.55. The van der Waals surface area contributed by atoms with E-state index in [0.717, 1.165) is 30.9 Å². The lowest BCUT2D eigenvalue weighted by molar-refractivity contribution is 0.418. The SMILES string of the molecule is CCCC1CCc2[nH]c(=O)c(C#N)cc2C1. The van der Waals surface area contributed by atoms with E-state index in [-0.39, 0.29) is 11.1 Å². The van der Waals surface area contributed by atoms with Gasteiger partial charge in [0.1, 0.15) is 11.6 Å². The molecule has 1 unspecified atom stereocenters. The summed E-state index contributed by atoms with van der Waals surface area (Å²) in [4.78, 5) is 14.3. The summed E-state index contributed by atoms with van der Waals surface area (Å²) in [5.74, 6) is 0.718. The van der Waals surface area contributed by atoms with Gasteiger partial charge in [-0.2, -0.15) is 5.26 Å².